The van der Waals surface area contributed by atoms with Crippen LogP contribution in [0.15, 0.2) is 47.4 Å². The van der Waals surface area contributed by atoms with Crippen LogP contribution in [-0.2, 0) is 16.6 Å². The third kappa shape index (κ3) is 3.83. The predicted molar refractivity (Wildman–Crippen MR) is 85.9 cm³/mol. The third-order valence-electron chi connectivity index (χ3n) is 3.36. The number of anilines is 1. The molecule has 0 aromatic heterocycles. The maximum Gasteiger partial charge on any atom is 0.240 e. The van der Waals surface area contributed by atoms with Crippen LogP contribution >= 0.6 is 0 Å². The van der Waals surface area contributed by atoms with Gasteiger partial charge in [-0.05, 0) is 44.2 Å². The van der Waals surface area contributed by atoms with E-state index < -0.39 is 10.0 Å². The van der Waals surface area contributed by atoms with E-state index in [0.717, 1.165) is 16.8 Å². The van der Waals surface area contributed by atoms with Crippen LogP contribution < -0.4 is 10.0 Å². The summed E-state index contributed by atoms with van der Waals surface area (Å²) in [5.74, 6) is 0. The SMILES string of the molecule is CNS(=O)(=O)c1cc(NCc2ccc(C)cc2)ccc1C. The molecule has 0 saturated carbocycles. The molecule has 0 amide bonds. The highest BCUT2D eigenvalue weighted by molar-refractivity contribution is 7.89. The summed E-state index contributed by atoms with van der Waals surface area (Å²) in [5.41, 5.74) is 3.89. The average Bonchev–Trinajstić information content (AvgIpc) is 2.48. The first-order valence-corrected chi connectivity index (χ1v) is 8.24. The van der Waals surface area contributed by atoms with Gasteiger partial charge in [-0.2, -0.15) is 0 Å². The number of benzene rings is 2. The molecule has 112 valence electrons. The highest BCUT2D eigenvalue weighted by Gasteiger charge is 2.14. The zero-order valence-electron chi connectivity index (χ0n) is 12.5. The Bertz CT molecular complexity index is 722. The highest BCUT2D eigenvalue weighted by Crippen LogP contribution is 2.20. The van der Waals surface area contributed by atoms with Crippen molar-refractivity contribution in [3.8, 4) is 0 Å². The Labute approximate surface area is 126 Å². The second kappa shape index (κ2) is 6.28. The predicted octanol–water partition coefficient (Wildman–Crippen LogP) is 2.82. The van der Waals surface area contributed by atoms with Gasteiger partial charge in [-0.1, -0.05) is 35.9 Å². The Balaban J connectivity index is 2.18. The van der Waals surface area contributed by atoms with Crippen LogP contribution in [0.1, 0.15) is 16.7 Å². The van der Waals surface area contributed by atoms with Gasteiger partial charge < -0.3 is 5.32 Å². The Morgan fingerprint density at radius 2 is 1.67 bits per heavy atom. The van der Waals surface area contributed by atoms with Gasteiger partial charge in [0, 0.05) is 12.2 Å². The summed E-state index contributed by atoms with van der Waals surface area (Å²) in [6.07, 6.45) is 0. The van der Waals surface area contributed by atoms with Crippen molar-refractivity contribution in [2.24, 2.45) is 0 Å². The number of hydrogen-bond donors (Lipinski definition) is 2. The van der Waals surface area contributed by atoms with Gasteiger partial charge in [-0.25, -0.2) is 13.1 Å². The molecule has 0 spiro atoms. The molecule has 0 unspecified atom stereocenters. The van der Waals surface area contributed by atoms with Gasteiger partial charge in [0.25, 0.3) is 0 Å². The van der Waals surface area contributed by atoms with Crippen molar-refractivity contribution in [1.29, 1.82) is 0 Å². The first kappa shape index (κ1) is 15.5. The van der Waals surface area contributed by atoms with Crippen LogP contribution in [0.4, 0.5) is 5.69 Å². The monoisotopic (exact) mass is 304 g/mol. The molecule has 0 aliphatic heterocycles. The van der Waals surface area contributed by atoms with Crippen molar-refractivity contribution in [2.45, 2.75) is 25.3 Å². The molecule has 0 atom stereocenters. The van der Waals surface area contributed by atoms with Crippen LogP contribution in [0.3, 0.4) is 0 Å². The molecule has 4 nitrogen and oxygen atoms in total. The zero-order chi connectivity index (χ0) is 15.5. The lowest BCUT2D eigenvalue weighted by atomic mass is 10.1. The summed E-state index contributed by atoms with van der Waals surface area (Å²) in [5, 5.41) is 3.25. The van der Waals surface area contributed by atoms with Crippen LogP contribution in [-0.4, -0.2) is 15.5 Å². The number of rotatable bonds is 5. The van der Waals surface area contributed by atoms with E-state index in [2.05, 4.69) is 34.3 Å². The van der Waals surface area contributed by atoms with E-state index in [4.69, 9.17) is 0 Å². The van der Waals surface area contributed by atoms with E-state index in [1.165, 1.54) is 12.6 Å². The largest absolute Gasteiger partial charge is 0.381 e. The van der Waals surface area contributed by atoms with Gasteiger partial charge in [0.1, 0.15) is 0 Å². The Morgan fingerprint density at radius 1 is 1.00 bits per heavy atom. The molecular formula is C16H20N2O2S. The molecule has 0 bridgehead atoms. The number of hydrogen-bond acceptors (Lipinski definition) is 3. The van der Waals surface area contributed by atoms with E-state index >= 15 is 0 Å². The summed E-state index contributed by atoms with van der Waals surface area (Å²) in [4.78, 5) is 0.305. The fourth-order valence-electron chi connectivity index (χ4n) is 2.02. The second-order valence-corrected chi connectivity index (χ2v) is 6.88. The van der Waals surface area contributed by atoms with Gasteiger partial charge in [-0.3, -0.25) is 0 Å². The minimum absolute atomic E-state index is 0.305. The molecule has 2 aromatic carbocycles. The topological polar surface area (TPSA) is 58.2 Å². The van der Waals surface area contributed by atoms with E-state index in [-0.39, 0.29) is 0 Å². The van der Waals surface area contributed by atoms with Gasteiger partial charge in [0.2, 0.25) is 10.0 Å². The van der Waals surface area contributed by atoms with E-state index in [1.807, 2.05) is 19.1 Å². The van der Waals surface area contributed by atoms with E-state index in [9.17, 15) is 8.42 Å². The number of nitrogens with one attached hydrogen (secondary N) is 2. The summed E-state index contributed by atoms with van der Waals surface area (Å²) in [6.45, 7) is 4.49. The molecule has 0 saturated heterocycles. The summed E-state index contributed by atoms with van der Waals surface area (Å²) < 4.78 is 26.2. The fraction of sp³-hybridized carbons (Fsp3) is 0.250. The molecule has 0 aliphatic carbocycles. The zero-order valence-corrected chi connectivity index (χ0v) is 13.3. The first-order valence-electron chi connectivity index (χ1n) is 6.76. The van der Waals surface area contributed by atoms with Crippen LogP contribution in [0.2, 0.25) is 0 Å². The lowest BCUT2D eigenvalue weighted by molar-refractivity contribution is 0.587. The van der Waals surface area contributed by atoms with Crippen molar-refractivity contribution in [3.63, 3.8) is 0 Å². The van der Waals surface area contributed by atoms with Gasteiger partial charge in [0.15, 0.2) is 0 Å². The Hall–Kier alpha value is -1.85. The molecule has 0 aliphatic rings. The van der Waals surface area contributed by atoms with Crippen molar-refractivity contribution < 1.29 is 8.42 Å². The average molecular weight is 304 g/mol. The molecule has 0 fully saturated rings. The maximum atomic E-state index is 11.9. The molecular weight excluding hydrogens is 284 g/mol. The molecule has 0 heterocycles. The highest BCUT2D eigenvalue weighted by atomic mass is 32.2. The molecule has 5 heteroatoms. The van der Waals surface area contributed by atoms with Crippen molar-refractivity contribution in [1.82, 2.24) is 4.72 Å². The van der Waals surface area contributed by atoms with E-state index in [1.54, 1.807) is 13.0 Å². The molecule has 2 rings (SSSR count). The van der Waals surface area contributed by atoms with Crippen LogP contribution in [0, 0.1) is 13.8 Å². The summed E-state index contributed by atoms with van der Waals surface area (Å²) in [6, 6.07) is 13.6. The first-order chi connectivity index (χ1) is 9.92. The normalized spacial score (nSPS) is 11.4. The Morgan fingerprint density at radius 3 is 2.29 bits per heavy atom. The third-order valence-corrected chi connectivity index (χ3v) is 4.92. The van der Waals surface area contributed by atoms with Gasteiger partial charge in [0.05, 0.1) is 4.90 Å². The van der Waals surface area contributed by atoms with Crippen molar-refractivity contribution >= 4 is 15.7 Å². The lowest BCUT2D eigenvalue weighted by Crippen LogP contribution is -2.19. The number of aryl methyl sites for hydroxylation is 2. The molecule has 2 N–H and O–H groups in total. The van der Waals surface area contributed by atoms with Crippen LogP contribution in [0.25, 0.3) is 0 Å². The smallest absolute Gasteiger partial charge is 0.240 e. The lowest BCUT2D eigenvalue weighted by Gasteiger charge is -2.11. The Kier molecular flexibility index (Phi) is 4.65. The molecule has 2 aromatic rings. The van der Waals surface area contributed by atoms with Crippen LogP contribution in [0.5, 0.6) is 0 Å². The maximum absolute atomic E-state index is 11.9. The molecule has 21 heavy (non-hydrogen) atoms. The van der Waals surface area contributed by atoms with Gasteiger partial charge in [-0.15, -0.1) is 0 Å². The quantitative estimate of drug-likeness (QED) is 0.893. The van der Waals surface area contributed by atoms with E-state index in [0.29, 0.717) is 11.4 Å². The fourth-order valence-corrected chi connectivity index (χ4v) is 3.01. The second-order valence-electron chi connectivity index (χ2n) is 5.03. The minimum atomic E-state index is -3.43. The summed E-state index contributed by atoms with van der Waals surface area (Å²) in [7, 11) is -2.01. The molecule has 0 radical (unpaired) electrons. The van der Waals surface area contributed by atoms with Gasteiger partial charge >= 0.3 is 0 Å². The minimum Gasteiger partial charge on any atom is -0.381 e. The number of sulfonamides is 1. The summed E-state index contributed by atoms with van der Waals surface area (Å²) >= 11 is 0. The van der Waals surface area contributed by atoms with Crippen molar-refractivity contribution in [3.05, 3.63) is 59.2 Å². The standard InChI is InChI=1S/C16H20N2O2S/c1-12-4-7-14(8-5-12)11-18-15-9-6-13(2)16(10-15)21(19,20)17-3/h4-10,17-18H,11H2,1-3H3. The van der Waals surface area contributed by atoms with Crippen molar-refractivity contribution in [2.75, 3.05) is 12.4 Å².